The molecule has 4 atom stereocenters. The number of likely N-dealkylation sites (tertiary alicyclic amines) is 1. The average Bonchev–Trinajstić information content (AvgIpc) is 3.57. The van der Waals surface area contributed by atoms with E-state index in [9.17, 15) is 4.79 Å². The van der Waals surface area contributed by atoms with Crippen molar-refractivity contribution in [2.45, 2.75) is 63.5 Å². The lowest BCUT2D eigenvalue weighted by atomic mass is 9.74. The highest BCUT2D eigenvalue weighted by Crippen LogP contribution is 2.46. The van der Waals surface area contributed by atoms with E-state index in [4.69, 9.17) is 0 Å². The Balaban J connectivity index is 1.23. The second-order valence-corrected chi connectivity index (χ2v) is 10.0. The maximum Gasteiger partial charge on any atom is 0.255 e. The first kappa shape index (κ1) is 17.3. The first-order valence-electron chi connectivity index (χ1n) is 11.7. The number of para-hydroxylation sites is 1. The molecule has 4 aliphatic heterocycles. The molecule has 1 N–H and O–H groups in total. The van der Waals surface area contributed by atoms with Crippen molar-refractivity contribution in [2.24, 2.45) is 17.8 Å². The summed E-state index contributed by atoms with van der Waals surface area (Å²) in [6, 6.07) is 7.89. The van der Waals surface area contributed by atoms with E-state index in [1.165, 1.54) is 50.6 Å². The van der Waals surface area contributed by atoms with Crippen LogP contribution in [0.25, 0.3) is 0 Å². The molecule has 3 saturated heterocycles. The predicted octanol–water partition coefficient (Wildman–Crippen LogP) is 3.77. The second kappa shape index (κ2) is 6.76. The van der Waals surface area contributed by atoms with Crippen LogP contribution in [0.5, 0.6) is 0 Å². The molecule has 1 aromatic rings. The van der Waals surface area contributed by atoms with Crippen molar-refractivity contribution >= 4 is 11.6 Å². The van der Waals surface area contributed by atoms with E-state index in [1.54, 1.807) is 0 Å². The predicted molar refractivity (Wildman–Crippen MR) is 112 cm³/mol. The van der Waals surface area contributed by atoms with Crippen LogP contribution in [0.1, 0.15) is 60.9 Å². The molecule has 4 nitrogen and oxygen atoms in total. The molecule has 1 saturated carbocycles. The summed E-state index contributed by atoms with van der Waals surface area (Å²) in [5, 5.41) is 3.52. The van der Waals surface area contributed by atoms with E-state index >= 15 is 0 Å². The SMILES string of the molecule is O=C(c1cccc2c1NCCC2)N1C[C@@H]2C[C@H](C1)[C@@H]1CCC[C@H](C3CC3)N1C2. The Morgan fingerprint density at radius 1 is 0.964 bits per heavy atom. The number of hydrogen-bond acceptors (Lipinski definition) is 3. The fourth-order valence-corrected chi connectivity index (χ4v) is 6.86. The van der Waals surface area contributed by atoms with Crippen LogP contribution in [0.2, 0.25) is 0 Å². The number of carbonyl (C=O) groups is 1. The van der Waals surface area contributed by atoms with Gasteiger partial charge in [-0.1, -0.05) is 18.6 Å². The van der Waals surface area contributed by atoms with Crippen LogP contribution >= 0.6 is 0 Å². The topological polar surface area (TPSA) is 35.6 Å². The minimum Gasteiger partial charge on any atom is -0.384 e. The first-order chi connectivity index (χ1) is 13.8. The molecule has 5 aliphatic rings. The van der Waals surface area contributed by atoms with E-state index in [1.807, 2.05) is 6.07 Å². The van der Waals surface area contributed by atoms with E-state index in [0.29, 0.717) is 11.8 Å². The molecule has 4 fully saturated rings. The molecule has 0 aromatic heterocycles. The molecule has 4 heterocycles. The maximum absolute atomic E-state index is 13.5. The number of piperidine rings is 3. The molecule has 0 unspecified atom stereocenters. The van der Waals surface area contributed by atoms with Crippen molar-refractivity contribution in [3.8, 4) is 0 Å². The fourth-order valence-electron chi connectivity index (χ4n) is 6.86. The van der Waals surface area contributed by atoms with Gasteiger partial charge in [0.05, 0.1) is 11.3 Å². The van der Waals surface area contributed by atoms with Gasteiger partial charge in [0.15, 0.2) is 0 Å². The van der Waals surface area contributed by atoms with Crippen LogP contribution in [0.4, 0.5) is 5.69 Å². The van der Waals surface area contributed by atoms with Crippen LogP contribution < -0.4 is 5.32 Å². The van der Waals surface area contributed by atoms with Gasteiger partial charge < -0.3 is 10.2 Å². The largest absolute Gasteiger partial charge is 0.384 e. The summed E-state index contributed by atoms with van der Waals surface area (Å²) < 4.78 is 0. The number of rotatable bonds is 2. The number of fused-ring (bicyclic) bond motifs is 5. The summed E-state index contributed by atoms with van der Waals surface area (Å²) in [4.78, 5) is 18.6. The van der Waals surface area contributed by atoms with Crippen molar-refractivity contribution in [1.82, 2.24) is 9.80 Å². The Morgan fingerprint density at radius 2 is 1.82 bits per heavy atom. The number of hydrogen-bond donors (Lipinski definition) is 1. The number of benzene rings is 1. The van der Waals surface area contributed by atoms with Gasteiger partial charge in [0.25, 0.3) is 5.91 Å². The number of nitrogens with one attached hydrogen (secondary N) is 1. The Morgan fingerprint density at radius 3 is 2.68 bits per heavy atom. The highest BCUT2D eigenvalue weighted by molar-refractivity contribution is 6.00. The summed E-state index contributed by atoms with van der Waals surface area (Å²) >= 11 is 0. The van der Waals surface area contributed by atoms with E-state index < -0.39 is 0 Å². The minimum atomic E-state index is 0.268. The van der Waals surface area contributed by atoms with Crippen LogP contribution in [-0.2, 0) is 6.42 Å². The van der Waals surface area contributed by atoms with E-state index in [-0.39, 0.29) is 5.91 Å². The van der Waals surface area contributed by atoms with Crippen LogP contribution in [0.15, 0.2) is 18.2 Å². The average molecular weight is 380 g/mol. The van der Waals surface area contributed by atoms with Crippen molar-refractivity contribution in [3.05, 3.63) is 29.3 Å². The van der Waals surface area contributed by atoms with Crippen LogP contribution in [-0.4, -0.2) is 54.0 Å². The van der Waals surface area contributed by atoms with Gasteiger partial charge in [-0.2, -0.15) is 0 Å². The number of amides is 1. The van der Waals surface area contributed by atoms with Gasteiger partial charge in [-0.15, -0.1) is 0 Å². The summed E-state index contributed by atoms with van der Waals surface area (Å²) in [6.45, 7) is 4.15. The maximum atomic E-state index is 13.5. The zero-order valence-electron chi connectivity index (χ0n) is 16.9. The highest BCUT2D eigenvalue weighted by atomic mass is 16.2. The molecule has 6 rings (SSSR count). The molecule has 1 aliphatic carbocycles. The minimum absolute atomic E-state index is 0.268. The number of nitrogens with zero attached hydrogens (tertiary/aromatic N) is 2. The third kappa shape index (κ3) is 2.87. The third-order valence-electron chi connectivity index (χ3n) is 8.19. The van der Waals surface area contributed by atoms with Crippen molar-refractivity contribution in [1.29, 1.82) is 0 Å². The highest BCUT2D eigenvalue weighted by Gasteiger charge is 2.48. The number of anilines is 1. The molecule has 1 amide bonds. The van der Waals surface area contributed by atoms with Gasteiger partial charge in [0.1, 0.15) is 0 Å². The fraction of sp³-hybridized carbons (Fsp3) is 0.708. The van der Waals surface area contributed by atoms with Crippen LogP contribution in [0.3, 0.4) is 0 Å². The lowest BCUT2D eigenvalue weighted by Crippen LogP contribution is -2.62. The van der Waals surface area contributed by atoms with Crippen LogP contribution in [0, 0.1) is 17.8 Å². The van der Waals surface area contributed by atoms with Crippen molar-refractivity contribution in [3.63, 3.8) is 0 Å². The molecule has 150 valence electrons. The standard InChI is InChI=1S/C24H33N3O/c28-24(20-6-1-4-18-5-3-11-25-23(18)20)26-13-16-12-19(15-26)22-8-2-7-21(17-9-10-17)27(22)14-16/h1,4,6,16-17,19,21-22,25H,2-3,5,7-15H2/t16-,19+,21+,22-/m0/s1. The van der Waals surface area contributed by atoms with Crippen molar-refractivity contribution < 1.29 is 4.79 Å². The normalized spacial score (nSPS) is 34.9. The molecule has 28 heavy (non-hydrogen) atoms. The Bertz CT molecular complexity index is 773. The molecule has 0 radical (unpaired) electrons. The van der Waals surface area contributed by atoms with Gasteiger partial charge in [0, 0.05) is 38.3 Å². The van der Waals surface area contributed by atoms with Gasteiger partial charge in [-0.05, 0) is 74.3 Å². The summed E-state index contributed by atoms with van der Waals surface area (Å²) in [7, 11) is 0. The Hall–Kier alpha value is -1.55. The van der Waals surface area contributed by atoms with E-state index in [2.05, 4.69) is 27.2 Å². The molecule has 0 spiro atoms. The Kier molecular flexibility index (Phi) is 4.18. The lowest BCUT2D eigenvalue weighted by molar-refractivity contribution is -0.0550. The van der Waals surface area contributed by atoms with Gasteiger partial charge in [-0.25, -0.2) is 0 Å². The monoisotopic (exact) mass is 379 g/mol. The molecular weight excluding hydrogens is 346 g/mol. The Labute approximate surface area is 168 Å². The first-order valence-corrected chi connectivity index (χ1v) is 11.7. The smallest absolute Gasteiger partial charge is 0.255 e. The van der Waals surface area contributed by atoms with Gasteiger partial charge in [-0.3, -0.25) is 9.69 Å². The molecule has 1 aromatic carbocycles. The summed E-state index contributed by atoms with van der Waals surface area (Å²) in [5.41, 5.74) is 3.34. The number of carbonyl (C=O) groups excluding carboxylic acids is 1. The van der Waals surface area contributed by atoms with Gasteiger partial charge in [0.2, 0.25) is 0 Å². The van der Waals surface area contributed by atoms with E-state index in [0.717, 1.165) is 61.7 Å². The molecular formula is C24H33N3O. The molecule has 2 bridgehead atoms. The van der Waals surface area contributed by atoms with Gasteiger partial charge >= 0.3 is 0 Å². The second-order valence-electron chi connectivity index (χ2n) is 10.0. The third-order valence-corrected chi connectivity index (χ3v) is 8.19. The zero-order chi connectivity index (χ0) is 18.7. The van der Waals surface area contributed by atoms with Crippen molar-refractivity contribution in [2.75, 3.05) is 31.5 Å². The zero-order valence-corrected chi connectivity index (χ0v) is 16.9. The quantitative estimate of drug-likeness (QED) is 0.850. The number of aryl methyl sites for hydroxylation is 1. The summed E-state index contributed by atoms with van der Waals surface area (Å²) in [5.74, 6) is 2.61. The summed E-state index contributed by atoms with van der Waals surface area (Å²) in [6.07, 6.45) is 10.7. The molecule has 4 heteroatoms. The lowest BCUT2D eigenvalue weighted by Gasteiger charge is -2.55.